The minimum atomic E-state index is -0.134. The first-order valence-corrected chi connectivity index (χ1v) is 7.28. The van der Waals surface area contributed by atoms with E-state index in [-0.39, 0.29) is 5.91 Å². The van der Waals surface area contributed by atoms with E-state index in [2.05, 4.69) is 28.2 Å². The molecule has 0 saturated carbocycles. The molecule has 2 aromatic rings. The fourth-order valence-electron chi connectivity index (χ4n) is 1.69. The predicted octanol–water partition coefficient (Wildman–Crippen LogP) is 4.49. The number of anilines is 1. The Morgan fingerprint density at radius 1 is 1.20 bits per heavy atom. The first-order chi connectivity index (χ1) is 9.69. The number of benzene rings is 2. The van der Waals surface area contributed by atoms with Gasteiger partial charge in [0.15, 0.2) is 0 Å². The highest BCUT2D eigenvalue weighted by molar-refractivity contribution is 9.10. The number of nitrogens with one attached hydrogen (secondary N) is 1. The summed E-state index contributed by atoms with van der Waals surface area (Å²) in [6.07, 6.45) is 0.963. The summed E-state index contributed by atoms with van der Waals surface area (Å²) in [5, 5.41) is 2.85. The number of carbonyl (C=O) groups excluding carboxylic acids is 1. The van der Waals surface area contributed by atoms with Crippen LogP contribution in [0.15, 0.2) is 53.0 Å². The summed E-state index contributed by atoms with van der Waals surface area (Å²) in [5.41, 5.74) is 1.37. The summed E-state index contributed by atoms with van der Waals surface area (Å²) < 4.78 is 6.42. The lowest BCUT2D eigenvalue weighted by Gasteiger charge is -2.07. The van der Waals surface area contributed by atoms with Gasteiger partial charge in [-0.1, -0.05) is 28.9 Å². The zero-order chi connectivity index (χ0) is 14.4. The van der Waals surface area contributed by atoms with E-state index in [1.807, 2.05) is 36.4 Å². The molecule has 0 aliphatic rings. The van der Waals surface area contributed by atoms with Crippen molar-refractivity contribution in [2.75, 3.05) is 11.9 Å². The van der Waals surface area contributed by atoms with Gasteiger partial charge in [0.2, 0.25) is 0 Å². The van der Waals surface area contributed by atoms with E-state index in [0.29, 0.717) is 12.2 Å². The molecule has 1 N–H and O–H groups in total. The number of rotatable bonds is 5. The van der Waals surface area contributed by atoms with Crippen molar-refractivity contribution in [2.24, 2.45) is 0 Å². The second kappa shape index (κ2) is 7.10. The molecule has 2 rings (SSSR count). The van der Waals surface area contributed by atoms with E-state index in [9.17, 15) is 4.79 Å². The molecule has 1 amide bonds. The van der Waals surface area contributed by atoms with Gasteiger partial charge in [0.25, 0.3) is 5.91 Å². The van der Waals surface area contributed by atoms with Gasteiger partial charge in [-0.15, -0.1) is 0 Å². The monoisotopic (exact) mass is 333 g/mol. The van der Waals surface area contributed by atoms with Crippen molar-refractivity contribution >= 4 is 27.5 Å². The topological polar surface area (TPSA) is 38.3 Å². The Kier molecular flexibility index (Phi) is 5.18. The summed E-state index contributed by atoms with van der Waals surface area (Å²) in [5.74, 6) is 0.649. The minimum Gasteiger partial charge on any atom is -0.494 e. The summed E-state index contributed by atoms with van der Waals surface area (Å²) in [7, 11) is 0. The lowest BCUT2D eigenvalue weighted by Crippen LogP contribution is -2.11. The van der Waals surface area contributed by atoms with Crippen LogP contribution >= 0.6 is 15.9 Å². The molecule has 0 unspecified atom stereocenters. The zero-order valence-electron chi connectivity index (χ0n) is 11.2. The van der Waals surface area contributed by atoms with Gasteiger partial charge in [-0.2, -0.15) is 0 Å². The van der Waals surface area contributed by atoms with Crippen LogP contribution in [0.25, 0.3) is 0 Å². The van der Waals surface area contributed by atoms with Gasteiger partial charge in [-0.25, -0.2) is 0 Å². The van der Waals surface area contributed by atoms with Gasteiger partial charge in [0, 0.05) is 15.7 Å². The third kappa shape index (κ3) is 4.10. The second-order valence-electron chi connectivity index (χ2n) is 4.34. The van der Waals surface area contributed by atoms with E-state index in [1.54, 1.807) is 12.1 Å². The standard InChI is InChI=1S/C16H16BrNO2/c1-2-10-20-15-8-6-12(7-9-15)16(19)18-14-5-3-4-13(17)11-14/h3-9,11H,2,10H2,1H3,(H,18,19). The zero-order valence-corrected chi connectivity index (χ0v) is 12.8. The van der Waals surface area contributed by atoms with Crippen LogP contribution < -0.4 is 10.1 Å². The maximum absolute atomic E-state index is 12.1. The van der Waals surface area contributed by atoms with Crippen molar-refractivity contribution in [3.05, 3.63) is 58.6 Å². The average Bonchev–Trinajstić information content (AvgIpc) is 2.45. The summed E-state index contributed by atoms with van der Waals surface area (Å²) in [6, 6.07) is 14.6. The minimum absolute atomic E-state index is 0.134. The Morgan fingerprint density at radius 2 is 1.95 bits per heavy atom. The quantitative estimate of drug-likeness (QED) is 0.875. The molecule has 4 heteroatoms. The number of ether oxygens (including phenoxy) is 1. The first kappa shape index (κ1) is 14.6. The van der Waals surface area contributed by atoms with Crippen molar-refractivity contribution in [3.63, 3.8) is 0 Å². The third-order valence-electron chi connectivity index (χ3n) is 2.67. The van der Waals surface area contributed by atoms with Gasteiger partial charge in [-0.3, -0.25) is 4.79 Å². The Balaban J connectivity index is 2.02. The van der Waals surface area contributed by atoms with E-state index in [0.717, 1.165) is 22.3 Å². The smallest absolute Gasteiger partial charge is 0.255 e. The van der Waals surface area contributed by atoms with E-state index in [4.69, 9.17) is 4.74 Å². The molecule has 0 saturated heterocycles. The maximum Gasteiger partial charge on any atom is 0.255 e. The molecular weight excluding hydrogens is 318 g/mol. The van der Waals surface area contributed by atoms with Crippen LogP contribution in [-0.4, -0.2) is 12.5 Å². The Bertz CT molecular complexity index is 581. The lowest BCUT2D eigenvalue weighted by molar-refractivity contribution is 0.102. The molecule has 104 valence electrons. The van der Waals surface area contributed by atoms with Gasteiger partial charge in [0.05, 0.1) is 6.61 Å². The fourth-order valence-corrected chi connectivity index (χ4v) is 2.09. The van der Waals surface area contributed by atoms with Crippen LogP contribution in [0.4, 0.5) is 5.69 Å². The van der Waals surface area contributed by atoms with Gasteiger partial charge in [0.1, 0.15) is 5.75 Å². The molecule has 0 fully saturated rings. The normalized spacial score (nSPS) is 10.1. The molecule has 0 heterocycles. The van der Waals surface area contributed by atoms with Crippen LogP contribution in [-0.2, 0) is 0 Å². The molecule has 0 aliphatic heterocycles. The van der Waals surface area contributed by atoms with Crippen molar-refractivity contribution in [1.29, 1.82) is 0 Å². The summed E-state index contributed by atoms with van der Waals surface area (Å²) >= 11 is 3.37. The molecule has 0 aliphatic carbocycles. The average molecular weight is 334 g/mol. The van der Waals surface area contributed by atoms with Crippen LogP contribution in [0, 0.1) is 0 Å². The fraction of sp³-hybridized carbons (Fsp3) is 0.188. The van der Waals surface area contributed by atoms with Crippen LogP contribution in [0.2, 0.25) is 0 Å². The highest BCUT2D eigenvalue weighted by atomic mass is 79.9. The summed E-state index contributed by atoms with van der Waals surface area (Å²) in [6.45, 7) is 2.74. The van der Waals surface area contributed by atoms with Crippen LogP contribution in [0.5, 0.6) is 5.75 Å². The molecule has 20 heavy (non-hydrogen) atoms. The number of hydrogen-bond acceptors (Lipinski definition) is 2. The van der Waals surface area contributed by atoms with Crippen molar-refractivity contribution in [3.8, 4) is 5.75 Å². The number of hydrogen-bond donors (Lipinski definition) is 1. The van der Waals surface area contributed by atoms with E-state index in [1.165, 1.54) is 0 Å². The maximum atomic E-state index is 12.1. The second-order valence-corrected chi connectivity index (χ2v) is 5.25. The SMILES string of the molecule is CCCOc1ccc(C(=O)Nc2cccc(Br)c2)cc1. The van der Waals surface area contributed by atoms with Gasteiger partial charge >= 0.3 is 0 Å². The molecule has 2 aromatic carbocycles. The largest absolute Gasteiger partial charge is 0.494 e. The molecular formula is C16H16BrNO2. The molecule has 0 bridgehead atoms. The highest BCUT2D eigenvalue weighted by Crippen LogP contribution is 2.17. The van der Waals surface area contributed by atoms with Crippen molar-refractivity contribution in [1.82, 2.24) is 0 Å². The Morgan fingerprint density at radius 3 is 2.60 bits per heavy atom. The predicted molar refractivity (Wildman–Crippen MR) is 84.3 cm³/mol. The molecule has 0 atom stereocenters. The van der Waals surface area contributed by atoms with Gasteiger partial charge in [-0.05, 0) is 48.9 Å². The first-order valence-electron chi connectivity index (χ1n) is 6.49. The van der Waals surface area contributed by atoms with Gasteiger partial charge < -0.3 is 10.1 Å². The van der Waals surface area contributed by atoms with E-state index >= 15 is 0 Å². The highest BCUT2D eigenvalue weighted by Gasteiger charge is 2.06. The lowest BCUT2D eigenvalue weighted by atomic mass is 10.2. The number of halogens is 1. The molecule has 0 radical (unpaired) electrons. The van der Waals surface area contributed by atoms with Crippen LogP contribution in [0.3, 0.4) is 0 Å². The van der Waals surface area contributed by atoms with Crippen molar-refractivity contribution < 1.29 is 9.53 Å². The van der Waals surface area contributed by atoms with Crippen LogP contribution in [0.1, 0.15) is 23.7 Å². The number of amides is 1. The molecule has 0 spiro atoms. The molecule has 3 nitrogen and oxygen atoms in total. The van der Waals surface area contributed by atoms with Crippen molar-refractivity contribution in [2.45, 2.75) is 13.3 Å². The number of carbonyl (C=O) groups is 1. The Labute approximate surface area is 127 Å². The molecule has 0 aromatic heterocycles. The Hall–Kier alpha value is -1.81. The summed E-state index contributed by atoms with van der Waals surface area (Å²) in [4.78, 5) is 12.1. The van der Waals surface area contributed by atoms with E-state index < -0.39 is 0 Å². The third-order valence-corrected chi connectivity index (χ3v) is 3.17.